The highest BCUT2D eigenvalue weighted by Crippen LogP contribution is 2.32. The van der Waals surface area contributed by atoms with Crippen LogP contribution in [-0.4, -0.2) is 30.7 Å². The van der Waals surface area contributed by atoms with Crippen LogP contribution < -0.4 is 20.1 Å². The number of rotatable bonds is 8. The second-order valence-electron chi connectivity index (χ2n) is 6.91. The molecule has 2 aromatic carbocycles. The van der Waals surface area contributed by atoms with Gasteiger partial charge >= 0.3 is 5.97 Å². The Morgan fingerprint density at radius 2 is 1.80 bits per heavy atom. The Morgan fingerprint density at radius 1 is 1.07 bits per heavy atom. The Hall–Kier alpha value is -3.55. The molecule has 0 radical (unpaired) electrons. The molecule has 1 heterocycles. The van der Waals surface area contributed by atoms with Gasteiger partial charge in [-0.15, -0.1) is 0 Å². The minimum absolute atomic E-state index is 0.0800. The SMILES string of the molecule is CC(=O)N[C@H](CC(=O)O[C@H](C)C(=O)NCc1ccc2c(c1)OCO2)c1ccccc1. The number of fused-ring (bicyclic) bond motifs is 1. The van der Waals surface area contributed by atoms with Crippen molar-refractivity contribution in [2.45, 2.75) is 39.0 Å². The number of carbonyl (C=O) groups excluding carboxylic acids is 3. The van der Waals surface area contributed by atoms with E-state index in [1.165, 1.54) is 13.8 Å². The maximum atomic E-state index is 12.3. The predicted octanol–water partition coefficient (Wildman–Crippen LogP) is 2.23. The van der Waals surface area contributed by atoms with Crippen molar-refractivity contribution in [1.29, 1.82) is 0 Å². The summed E-state index contributed by atoms with van der Waals surface area (Å²) < 4.78 is 15.8. The van der Waals surface area contributed by atoms with Crippen molar-refractivity contribution < 1.29 is 28.6 Å². The van der Waals surface area contributed by atoms with E-state index in [-0.39, 0.29) is 25.7 Å². The lowest BCUT2D eigenvalue weighted by Crippen LogP contribution is -2.36. The molecule has 30 heavy (non-hydrogen) atoms. The maximum absolute atomic E-state index is 12.3. The zero-order valence-electron chi connectivity index (χ0n) is 16.8. The zero-order valence-corrected chi connectivity index (χ0v) is 16.8. The van der Waals surface area contributed by atoms with Gasteiger partial charge in [0, 0.05) is 13.5 Å². The molecule has 2 amide bonds. The van der Waals surface area contributed by atoms with Crippen molar-refractivity contribution >= 4 is 17.8 Å². The van der Waals surface area contributed by atoms with Crippen molar-refractivity contribution in [2.24, 2.45) is 0 Å². The summed E-state index contributed by atoms with van der Waals surface area (Å²) >= 11 is 0. The monoisotopic (exact) mass is 412 g/mol. The van der Waals surface area contributed by atoms with Gasteiger partial charge in [-0.05, 0) is 30.2 Å². The van der Waals surface area contributed by atoms with Gasteiger partial charge in [0.05, 0.1) is 12.5 Å². The van der Waals surface area contributed by atoms with E-state index in [2.05, 4.69) is 10.6 Å². The van der Waals surface area contributed by atoms with Gasteiger partial charge in [-0.3, -0.25) is 14.4 Å². The highest BCUT2D eigenvalue weighted by molar-refractivity contribution is 5.83. The standard InChI is InChI=1S/C22H24N2O6/c1-14(22(27)23-12-16-8-9-19-20(10-16)29-13-28-19)30-21(26)11-18(24-15(2)25)17-6-4-3-5-7-17/h3-10,14,18H,11-13H2,1-2H3,(H,23,27)(H,24,25)/t14-,18-/m1/s1. The van der Waals surface area contributed by atoms with Gasteiger partial charge in [0.2, 0.25) is 12.7 Å². The van der Waals surface area contributed by atoms with Crippen LogP contribution >= 0.6 is 0 Å². The predicted molar refractivity (Wildman–Crippen MR) is 108 cm³/mol. The first-order valence-electron chi connectivity index (χ1n) is 9.60. The van der Waals surface area contributed by atoms with E-state index in [0.29, 0.717) is 11.5 Å². The molecule has 0 fully saturated rings. The van der Waals surface area contributed by atoms with Crippen LogP contribution in [0.4, 0.5) is 0 Å². The van der Waals surface area contributed by atoms with Crippen LogP contribution in [0.3, 0.4) is 0 Å². The minimum Gasteiger partial charge on any atom is -0.454 e. The second-order valence-corrected chi connectivity index (χ2v) is 6.91. The normalized spacial score (nSPS) is 13.8. The average molecular weight is 412 g/mol. The zero-order chi connectivity index (χ0) is 21.5. The van der Waals surface area contributed by atoms with E-state index < -0.39 is 24.0 Å². The molecule has 1 aliphatic heterocycles. The summed E-state index contributed by atoms with van der Waals surface area (Å²) in [6, 6.07) is 14.0. The number of hydrogen-bond acceptors (Lipinski definition) is 6. The number of benzene rings is 2. The quantitative estimate of drug-likeness (QED) is 0.645. The highest BCUT2D eigenvalue weighted by Gasteiger charge is 2.22. The van der Waals surface area contributed by atoms with Gasteiger partial charge < -0.3 is 24.8 Å². The fraction of sp³-hybridized carbons (Fsp3) is 0.318. The number of ether oxygens (including phenoxy) is 3. The molecule has 158 valence electrons. The van der Waals surface area contributed by atoms with Gasteiger partial charge in [-0.1, -0.05) is 36.4 Å². The Morgan fingerprint density at radius 3 is 2.53 bits per heavy atom. The molecule has 2 atom stereocenters. The van der Waals surface area contributed by atoms with E-state index in [9.17, 15) is 14.4 Å². The highest BCUT2D eigenvalue weighted by atomic mass is 16.7. The lowest BCUT2D eigenvalue weighted by atomic mass is 10.0. The first-order chi connectivity index (χ1) is 14.4. The van der Waals surface area contributed by atoms with Crippen LogP contribution in [0.15, 0.2) is 48.5 Å². The van der Waals surface area contributed by atoms with Crippen molar-refractivity contribution in [2.75, 3.05) is 6.79 Å². The van der Waals surface area contributed by atoms with Crippen LogP contribution in [0.1, 0.15) is 37.4 Å². The molecule has 0 saturated heterocycles. The molecule has 2 aromatic rings. The lowest BCUT2D eigenvalue weighted by Gasteiger charge is -2.19. The molecule has 1 aliphatic rings. The Bertz CT molecular complexity index is 915. The number of amides is 2. The van der Waals surface area contributed by atoms with Gasteiger partial charge in [0.25, 0.3) is 5.91 Å². The van der Waals surface area contributed by atoms with Gasteiger partial charge in [0.15, 0.2) is 17.6 Å². The summed E-state index contributed by atoms with van der Waals surface area (Å²) in [5.41, 5.74) is 1.62. The lowest BCUT2D eigenvalue weighted by molar-refractivity contribution is -0.155. The van der Waals surface area contributed by atoms with E-state index in [1.54, 1.807) is 12.1 Å². The summed E-state index contributed by atoms with van der Waals surface area (Å²) in [5, 5.41) is 5.46. The molecule has 8 nitrogen and oxygen atoms in total. The van der Waals surface area contributed by atoms with Crippen LogP contribution in [0.25, 0.3) is 0 Å². The van der Waals surface area contributed by atoms with Crippen molar-refractivity contribution in [3.05, 3.63) is 59.7 Å². The summed E-state index contributed by atoms with van der Waals surface area (Å²) in [6.45, 7) is 3.33. The van der Waals surface area contributed by atoms with Gasteiger partial charge in [0.1, 0.15) is 0 Å². The summed E-state index contributed by atoms with van der Waals surface area (Å²) in [5.74, 6) is 0.0389. The molecule has 0 bridgehead atoms. The number of esters is 1. The molecule has 2 N–H and O–H groups in total. The fourth-order valence-corrected chi connectivity index (χ4v) is 3.03. The van der Waals surface area contributed by atoms with E-state index >= 15 is 0 Å². The molecule has 0 unspecified atom stereocenters. The molecule has 8 heteroatoms. The van der Waals surface area contributed by atoms with Crippen molar-refractivity contribution in [3.8, 4) is 11.5 Å². The van der Waals surface area contributed by atoms with E-state index in [1.807, 2.05) is 36.4 Å². The number of nitrogens with one attached hydrogen (secondary N) is 2. The summed E-state index contributed by atoms with van der Waals surface area (Å²) in [6.07, 6.45) is -1.05. The first-order valence-corrected chi connectivity index (χ1v) is 9.60. The van der Waals surface area contributed by atoms with Crippen molar-refractivity contribution in [1.82, 2.24) is 10.6 Å². The Kier molecular flexibility index (Phi) is 6.90. The number of carbonyl (C=O) groups is 3. The number of hydrogen-bond donors (Lipinski definition) is 2. The molecule has 0 saturated carbocycles. The van der Waals surface area contributed by atoms with E-state index in [0.717, 1.165) is 11.1 Å². The Balaban J connectivity index is 1.51. The molecule has 0 aliphatic carbocycles. The third-order valence-electron chi connectivity index (χ3n) is 4.53. The average Bonchev–Trinajstić information content (AvgIpc) is 3.19. The fourth-order valence-electron chi connectivity index (χ4n) is 3.03. The first kappa shape index (κ1) is 21.2. The van der Waals surface area contributed by atoms with E-state index in [4.69, 9.17) is 14.2 Å². The second kappa shape index (κ2) is 9.78. The molecule has 0 aromatic heterocycles. The topological polar surface area (TPSA) is 103 Å². The molecular formula is C22H24N2O6. The largest absolute Gasteiger partial charge is 0.454 e. The summed E-state index contributed by atoms with van der Waals surface area (Å²) in [7, 11) is 0. The smallest absolute Gasteiger partial charge is 0.309 e. The van der Waals surface area contributed by atoms with Crippen LogP contribution in [-0.2, 0) is 25.7 Å². The van der Waals surface area contributed by atoms with Gasteiger partial charge in [-0.2, -0.15) is 0 Å². The minimum atomic E-state index is -0.972. The third-order valence-corrected chi connectivity index (χ3v) is 4.53. The third kappa shape index (κ3) is 5.73. The molecular weight excluding hydrogens is 388 g/mol. The molecule has 0 spiro atoms. The molecule has 3 rings (SSSR count). The van der Waals surface area contributed by atoms with Crippen LogP contribution in [0.5, 0.6) is 11.5 Å². The van der Waals surface area contributed by atoms with Gasteiger partial charge in [-0.25, -0.2) is 0 Å². The van der Waals surface area contributed by atoms with Crippen molar-refractivity contribution in [3.63, 3.8) is 0 Å². The Labute approximate surface area is 174 Å². The maximum Gasteiger partial charge on any atom is 0.309 e. The van der Waals surface area contributed by atoms with Crippen LogP contribution in [0, 0.1) is 0 Å². The summed E-state index contributed by atoms with van der Waals surface area (Å²) in [4.78, 5) is 36.1. The van der Waals surface area contributed by atoms with Crippen LogP contribution in [0.2, 0.25) is 0 Å².